The van der Waals surface area contributed by atoms with Gasteiger partial charge in [0, 0.05) is 6.07 Å². The van der Waals surface area contributed by atoms with Crippen molar-refractivity contribution in [2.75, 3.05) is 0 Å². The Morgan fingerprint density at radius 3 is 3.00 bits per heavy atom. The molecule has 20 heavy (non-hydrogen) atoms. The second-order valence-corrected chi connectivity index (χ2v) is 4.37. The van der Waals surface area contributed by atoms with E-state index in [9.17, 15) is 4.79 Å². The van der Waals surface area contributed by atoms with Gasteiger partial charge in [-0.2, -0.15) is 10.4 Å². The average Bonchev–Trinajstić information content (AvgIpc) is 2.88. The minimum atomic E-state index is 0.362. The Kier molecular flexibility index (Phi) is 4.51. The Hall–Kier alpha value is -2.61. The summed E-state index contributed by atoms with van der Waals surface area (Å²) in [5.41, 5.74) is 2.10. The van der Waals surface area contributed by atoms with Crippen molar-refractivity contribution >= 4 is 6.47 Å². The van der Waals surface area contributed by atoms with Crippen LogP contribution in [-0.2, 0) is 11.2 Å². The number of benzene rings is 1. The summed E-state index contributed by atoms with van der Waals surface area (Å²) in [5.74, 6) is 0.362. The molecule has 0 radical (unpaired) electrons. The van der Waals surface area contributed by atoms with E-state index in [4.69, 9.17) is 10.00 Å². The van der Waals surface area contributed by atoms with Gasteiger partial charge in [-0.15, -0.1) is 0 Å². The van der Waals surface area contributed by atoms with Crippen LogP contribution in [0.2, 0.25) is 0 Å². The van der Waals surface area contributed by atoms with Crippen molar-refractivity contribution < 1.29 is 9.53 Å². The molecule has 0 atom stereocenters. The zero-order chi connectivity index (χ0) is 14.4. The first-order chi connectivity index (χ1) is 9.78. The van der Waals surface area contributed by atoms with Gasteiger partial charge in [-0.1, -0.05) is 19.4 Å². The summed E-state index contributed by atoms with van der Waals surface area (Å²) in [4.78, 5) is 10.6. The van der Waals surface area contributed by atoms with E-state index in [2.05, 4.69) is 18.1 Å². The lowest BCUT2D eigenvalue weighted by Gasteiger charge is -2.05. The van der Waals surface area contributed by atoms with Crippen LogP contribution in [0, 0.1) is 11.3 Å². The average molecular weight is 269 g/mol. The summed E-state index contributed by atoms with van der Waals surface area (Å²) in [6.45, 7) is 2.49. The third-order valence-electron chi connectivity index (χ3n) is 2.90. The maximum atomic E-state index is 10.6. The van der Waals surface area contributed by atoms with Crippen molar-refractivity contribution in [2.45, 2.75) is 26.2 Å². The number of rotatable bonds is 6. The van der Waals surface area contributed by atoms with Crippen molar-refractivity contribution in [2.24, 2.45) is 0 Å². The normalized spacial score (nSPS) is 10.0. The van der Waals surface area contributed by atoms with Gasteiger partial charge in [0.15, 0.2) is 0 Å². The lowest BCUT2D eigenvalue weighted by atomic mass is 10.2. The second kappa shape index (κ2) is 6.53. The standard InChI is InChI=1S/C15H15N3O2/c1-2-3-6-13-9-15(20-11-19)18(17-13)14-7-4-5-12(8-14)10-16/h4-5,7-9,11H,2-3,6H2,1H3. The number of aromatic nitrogens is 2. The number of hydrogen-bond acceptors (Lipinski definition) is 4. The van der Waals surface area contributed by atoms with Crippen molar-refractivity contribution in [3.63, 3.8) is 0 Å². The van der Waals surface area contributed by atoms with Crippen LogP contribution in [0.1, 0.15) is 31.0 Å². The molecule has 0 N–H and O–H groups in total. The fourth-order valence-electron chi connectivity index (χ4n) is 1.92. The topological polar surface area (TPSA) is 67.9 Å². The zero-order valence-corrected chi connectivity index (χ0v) is 11.2. The Balaban J connectivity index is 2.39. The van der Waals surface area contributed by atoms with Gasteiger partial charge in [-0.05, 0) is 31.0 Å². The van der Waals surface area contributed by atoms with Crippen LogP contribution in [0.15, 0.2) is 30.3 Å². The molecule has 0 unspecified atom stereocenters. The van der Waals surface area contributed by atoms with Gasteiger partial charge in [-0.25, -0.2) is 4.68 Å². The number of unbranched alkanes of at least 4 members (excludes halogenated alkanes) is 1. The minimum absolute atomic E-state index is 0.362. The molecule has 5 nitrogen and oxygen atoms in total. The van der Waals surface area contributed by atoms with Gasteiger partial charge in [0.05, 0.1) is 23.0 Å². The number of nitriles is 1. The highest BCUT2D eigenvalue weighted by molar-refractivity contribution is 5.47. The highest BCUT2D eigenvalue weighted by Crippen LogP contribution is 2.21. The Morgan fingerprint density at radius 2 is 2.30 bits per heavy atom. The van der Waals surface area contributed by atoms with Gasteiger partial charge >= 0.3 is 0 Å². The van der Waals surface area contributed by atoms with Crippen LogP contribution in [-0.4, -0.2) is 16.3 Å². The van der Waals surface area contributed by atoms with Crippen molar-refractivity contribution in [3.05, 3.63) is 41.6 Å². The van der Waals surface area contributed by atoms with E-state index in [0.29, 0.717) is 23.6 Å². The van der Waals surface area contributed by atoms with Crippen LogP contribution in [0.3, 0.4) is 0 Å². The molecule has 0 aliphatic carbocycles. The fourth-order valence-corrected chi connectivity index (χ4v) is 1.92. The highest BCUT2D eigenvalue weighted by atomic mass is 16.5. The second-order valence-electron chi connectivity index (χ2n) is 4.37. The van der Waals surface area contributed by atoms with Crippen LogP contribution >= 0.6 is 0 Å². The molecule has 102 valence electrons. The lowest BCUT2D eigenvalue weighted by molar-refractivity contribution is -0.121. The molecule has 1 aromatic heterocycles. The number of carbonyl (C=O) groups excluding carboxylic acids is 1. The summed E-state index contributed by atoms with van der Waals surface area (Å²) >= 11 is 0. The molecule has 0 bridgehead atoms. The first kappa shape index (κ1) is 13.8. The van der Waals surface area contributed by atoms with E-state index in [-0.39, 0.29) is 0 Å². The van der Waals surface area contributed by atoms with Crippen molar-refractivity contribution in [1.82, 2.24) is 9.78 Å². The highest BCUT2D eigenvalue weighted by Gasteiger charge is 2.11. The summed E-state index contributed by atoms with van der Waals surface area (Å²) in [7, 11) is 0. The van der Waals surface area contributed by atoms with Gasteiger partial charge in [-0.3, -0.25) is 4.79 Å². The molecule has 0 aliphatic rings. The first-order valence-electron chi connectivity index (χ1n) is 6.48. The van der Waals surface area contributed by atoms with Crippen LogP contribution in [0.5, 0.6) is 5.88 Å². The molecular weight excluding hydrogens is 254 g/mol. The third kappa shape index (κ3) is 3.04. The van der Waals surface area contributed by atoms with Crippen molar-refractivity contribution in [3.8, 4) is 17.6 Å². The fraction of sp³-hybridized carbons (Fsp3) is 0.267. The van der Waals surface area contributed by atoms with Gasteiger partial charge in [0.2, 0.25) is 5.88 Å². The summed E-state index contributed by atoms with van der Waals surface area (Å²) in [5, 5.41) is 13.4. The van der Waals surface area contributed by atoms with Gasteiger partial charge in [0.25, 0.3) is 6.47 Å². The smallest absolute Gasteiger partial charge is 0.299 e. The predicted octanol–water partition coefficient (Wildman–Crippen LogP) is 2.62. The minimum Gasteiger partial charge on any atom is -0.410 e. The number of aryl methyl sites for hydroxylation is 1. The van der Waals surface area contributed by atoms with Gasteiger partial charge in [0.1, 0.15) is 0 Å². The SMILES string of the molecule is CCCCc1cc(OC=O)n(-c2cccc(C#N)c2)n1. The molecular formula is C15H15N3O2. The van der Waals surface area contributed by atoms with Crippen LogP contribution in [0.25, 0.3) is 5.69 Å². The summed E-state index contributed by atoms with van der Waals surface area (Å²) in [6.07, 6.45) is 2.92. The van der Waals surface area contributed by atoms with E-state index >= 15 is 0 Å². The molecule has 0 saturated heterocycles. The van der Waals surface area contributed by atoms with Crippen LogP contribution < -0.4 is 4.74 Å². The Bertz CT molecular complexity index is 641. The number of hydrogen-bond donors (Lipinski definition) is 0. The molecule has 2 rings (SSSR count). The maximum absolute atomic E-state index is 10.6. The molecule has 0 spiro atoms. The number of ether oxygens (including phenoxy) is 1. The molecule has 5 heteroatoms. The number of carbonyl (C=O) groups is 1. The van der Waals surface area contributed by atoms with E-state index in [0.717, 1.165) is 25.0 Å². The zero-order valence-electron chi connectivity index (χ0n) is 11.2. The Morgan fingerprint density at radius 1 is 1.45 bits per heavy atom. The summed E-state index contributed by atoms with van der Waals surface area (Å²) in [6, 6.07) is 10.8. The molecule has 0 aliphatic heterocycles. The maximum Gasteiger partial charge on any atom is 0.299 e. The Labute approximate surface area is 117 Å². The number of nitrogens with zero attached hydrogens (tertiary/aromatic N) is 3. The van der Waals surface area contributed by atoms with E-state index in [1.807, 2.05) is 6.07 Å². The predicted molar refractivity (Wildman–Crippen MR) is 73.6 cm³/mol. The van der Waals surface area contributed by atoms with Crippen LogP contribution in [0.4, 0.5) is 0 Å². The largest absolute Gasteiger partial charge is 0.410 e. The molecule has 0 amide bonds. The van der Waals surface area contributed by atoms with Crippen molar-refractivity contribution in [1.29, 1.82) is 5.26 Å². The molecule has 1 aromatic carbocycles. The third-order valence-corrected chi connectivity index (χ3v) is 2.90. The van der Waals surface area contributed by atoms with E-state index < -0.39 is 0 Å². The molecule has 0 fully saturated rings. The molecule has 1 heterocycles. The first-order valence-corrected chi connectivity index (χ1v) is 6.48. The van der Waals surface area contributed by atoms with E-state index in [1.165, 1.54) is 0 Å². The monoisotopic (exact) mass is 269 g/mol. The summed E-state index contributed by atoms with van der Waals surface area (Å²) < 4.78 is 6.50. The lowest BCUT2D eigenvalue weighted by Crippen LogP contribution is -2.02. The molecule has 0 saturated carbocycles. The van der Waals surface area contributed by atoms with Gasteiger partial charge < -0.3 is 4.74 Å². The quantitative estimate of drug-likeness (QED) is 0.756. The van der Waals surface area contributed by atoms with E-state index in [1.54, 1.807) is 28.9 Å². The molecule has 2 aromatic rings.